The molecule has 9 aromatic rings. The number of para-hydroxylation sites is 1. The molecule has 0 unspecified atom stereocenters. The Balaban J connectivity index is 0.997. The van der Waals surface area contributed by atoms with Gasteiger partial charge in [0.2, 0.25) is 0 Å². The lowest BCUT2D eigenvalue weighted by molar-refractivity contribution is 0.642. The Bertz CT molecular complexity index is 3310. The van der Waals surface area contributed by atoms with Crippen LogP contribution in [-0.4, -0.2) is 9.55 Å². The molecule has 292 valence electrons. The van der Waals surface area contributed by atoms with Gasteiger partial charge >= 0.3 is 0 Å². The van der Waals surface area contributed by atoms with Gasteiger partial charge in [0.15, 0.2) is 0 Å². The lowest BCUT2D eigenvalue weighted by atomic mass is 9.81. The second-order valence-electron chi connectivity index (χ2n) is 16.3. The van der Waals surface area contributed by atoms with Crippen molar-refractivity contribution in [3.63, 3.8) is 0 Å². The van der Waals surface area contributed by atoms with Gasteiger partial charge in [-0.1, -0.05) is 165 Å². The van der Waals surface area contributed by atoms with E-state index in [1.165, 1.54) is 74.8 Å². The van der Waals surface area contributed by atoms with Crippen molar-refractivity contribution in [2.45, 2.75) is 45.8 Å². The van der Waals surface area contributed by atoms with Crippen LogP contribution in [0.25, 0.3) is 77.7 Å². The zero-order valence-electron chi connectivity index (χ0n) is 34.3. The smallest absolute Gasteiger partial charge is 0.0716 e. The summed E-state index contributed by atoms with van der Waals surface area (Å²) in [4.78, 5) is 10.7. The molecular weight excluding hydrogens is 777 g/mol. The number of fused-ring (bicyclic) bond motifs is 9. The van der Waals surface area contributed by atoms with Gasteiger partial charge in [0.1, 0.15) is 0 Å². The molecule has 2 nitrogen and oxygen atoms in total. The first-order valence-corrected chi connectivity index (χ1v) is 22.5. The Hall–Kier alpha value is -6.59. The minimum Gasteiger partial charge on any atom is -0.309 e. The minimum atomic E-state index is -0.135. The molecule has 3 heterocycles. The molecule has 2 aromatic heterocycles. The summed E-state index contributed by atoms with van der Waals surface area (Å²) in [7, 11) is 0. The van der Waals surface area contributed by atoms with Crippen molar-refractivity contribution < 1.29 is 0 Å². The fourth-order valence-corrected chi connectivity index (χ4v) is 12.0. The van der Waals surface area contributed by atoms with Crippen LogP contribution in [0.3, 0.4) is 0 Å². The topological polar surface area (TPSA) is 17.8 Å². The minimum absolute atomic E-state index is 0.135. The van der Waals surface area contributed by atoms with Gasteiger partial charge in [0.25, 0.3) is 0 Å². The molecule has 0 spiro atoms. The second-order valence-corrected chi connectivity index (χ2v) is 18.5. The van der Waals surface area contributed by atoms with Gasteiger partial charge in [-0.2, -0.15) is 0 Å². The lowest BCUT2D eigenvalue weighted by Gasteiger charge is -2.28. The van der Waals surface area contributed by atoms with Crippen molar-refractivity contribution in [2.75, 3.05) is 0 Å². The number of pyridine rings is 1. The first-order valence-electron chi connectivity index (χ1n) is 20.8. The molecule has 0 saturated heterocycles. The third-order valence-electron chi connectivity index (χ3n) is 12.4. The third kappa shape index (κ3) is 6.24. The molecule has 4 heteroatoms. The molecule has 1 aliphatic carbocycles. The van der Waals surface area contributed by atoms with Gasteiger partial charge in [0, 0.05) is 47.0 Å². The van der Waals surface area contributed by atoms with E-state index in [1.54, 1.807) is 6.08 Å². The van der Waals surface area contributed by atoms with E-state index in [0.29, 0.717) is 0 Å². The largest absolute Gasteiger partial charge is 0.309 e. The van der Waals surface area contributed by atoms with Crippen molar-refractivity contribution in [3.8, 4) is 50.3 Å². The molecule has 0 radical (unpaired) electrons. The second kappa shape index (κ2) is 14.8. The molecule has 7 aromatic carbocycles. The highest BCUT2D eigenvalue weighted by atomic mass is 32.2. The summed E-state index contributed by atoms with van der Waals surface area (Å²) in [6.45, 7) is 10.8. The number of benzene rings is 7. The highest BCUT2D eigenvalue weighted by molar-refractivity contribution is 8.05. The quantitative estimate of drug-likeness (QED) is 0.149. The Morgan fingerprint density at radius 2 is 1.31 bits per heavy atom. The third-order valence-corrected chi connectivity index (χ3v) is 15.0. The fraction of sp³-hybridized carbons (Fsp3) is 0.0702. The predicted octanol–water partition coefficient (Wildman–Crippen LogP) is 16.2. The van der Waals surface area contributed by atoms with Crippen LogP contribution < -0.4 is 0 Å². The van der Waals surface area contributed by atoms with Gasteiger partial charge in [-0.25, -0.2) is 4.98 Å². The van der Waals surface area contributed by atoms with Crippen LogP contribution in [0.2, 0.25) is 0 Å². The molecule has 2 aliphatic rings. The molecule has 0 amide bonds. The highest BCUT2D eigenvalue weighted by Crippen LogP contribution is 2.59. The van der Waals surface area contributed by atoms with E-state index in [2.05, 4.69) is 208 Å². The number of allylic oxidation sites excluding steroid dienone is 5. The zero-order valence-corrected chi connectivity index (χ0v) is 35.9. The molecule has 0 fully saturated rings. The van der Waals surface area contributed by atoms with Crippen LogP contribution in [0.5, 0.6) is 0 Å². The first kappa shape index (κ1) is 37.4. The number of hydrogen-bond acceptors (Lipinski definition) is 3. The summed E-state index contributed by atoms with van der Waals surface area (Å²) in [6, 6.07) is 60.2. The van der Waals surface area contributed by atoms with E-state index in [9.17, 15) is 0 Å². The standard InChI is InChI=1S/C57H42N2S2/c1-5-7-16-36(6-2)48-34-41(37-17-9-8-10-18-37)35-49(58-48)40-19-15-20-42(31-40)59-50-22-12-11-21-44(50)46-32-38(26-29-51(46)59)39-25-27-43-45-28-30-54-56(55(45)57(3,4)47(43)33-39)61-53-24-14-13-23-52(53)60-54/h5-35H,1H2,2-4H3/b16-7-,36-6+. The van der Waals surface area contributed by atoms with Crippen molar-refractivity contribution >= 4 is 50.9 Å². The van der Waals surface area contributed by atoms with E-state index in [0.717, 1.165) is 39.3 Å². The van der Waals surface area contributed by atoms with Crippen LogP contribution in [0.15, 0.2) is 214 Å². The Morgan fingerprint density at radius 3 is 2.15 bits per heavy atom. The Kier molecular flexibility index (Phi) is 9.10. The molecule has 0 bridgehead atoms. The van der Waals surface area contributed by atoms with Crippen LogP contribution in [-0.2, 0) is 5.41 Å². The average Bonchev–Trinajstić information content (AvgIpc) is 3.76. The van der Waals surface area contributed by atoms with Crippen LogP contribution in [0.4, 0.5) is 0 Å². The van der Waals surface area contributed by atoms with Crippen molar-refractivity contribution in [1.82, 2.24) is 9.55 Å². The summed E-state index contributed by atoms with van der Waals surface area (Å²) >= 11 is 3.84. The van der Waals surface area contributed by atoms with Crippen LogP contribution in [0, 0.1) is 0 Å². The van der Waals surface area contributed by atoms with Crippen molar-refractivity contribution in [1.29, 1.82) is 0 Å². The maximum absolute atomic E-state index is 5.26. The van der Waals surface area contributed by atoms with E-state index in [-0.39, 0.29) is 5.41 Å². The number of hydrogen-bond donors (Lipinski definition) is 0. The molecule has 11 rings (SSSR count). The normalized spacial score (nSPS) is 13.9. The molecule has 1 aliphatic heterocycles. The molecule has 0 saturated carbocycles. The number of nitrogens with zero attached hydrogens (tertiary/aromatic N) is 2. The van der Waals surface area contributed by atoms with Gasteiger partial charge in [-0.3, -0.25) is 0 Å². The molecule has 61 heavy (non-hydrogen) atoms. The summed E-state index contributed by atoms with van der Waals surface area (Å²) < 4.78 is 2.41. The highest BCUT2D eigenvalue weighted by Gasteiger charge is 2.40. The van der Waals surface area contributed by atoms with E-state index < -0.39 is 0 Å². The monoisotopic (exact) mass is 818 g/mol. The molecule has 0 N–H and O–H groups in total. The van der Waals surface area contributed by atoms with Crippen molar-refractivity contribution in [2.24, 2.45) is 0 Å². The number of rotatable bonds is 7. The SMILES string of the molecule is C=C/C=C\C(=C/C)c1cc(-c2ccccc2)cc(-c2cccc(-n3c4ccccc4c4cc(-c5ccc6c(c5)C(C)(C)c5c-6ccc6c5Sc5ccccc5S6)ccc43)c2)n1. The van der Waals surface area contributed by atoms with Gasteiger partial charge in [-0.05, 0) is 124 Å². The van der Waals surface area contributed by atoms with E-state index >= 15 is 0 Å². The van der Waals surface area contributed by atoms with Gasteiger partial charge < -0.3 is 4.57 Å². The van der Waals surface area contributed by atoms with E-state index in [1.807, 2.05) is 29.6 Å². The maximum atomic E-state index is 5.26. The summed E-state index contributed by atoms with van der Waals surface area (Å²) in [5.41, 5.74) is 17.6. The average molecular weight is 819 g/mol. The summed E-state index contributed by atoms with van der Waals surface area (Å²) in [5, 5.41) is 2.47. The zero-order chi connectivity index (χ0) is 41.2. The van der Waals surface area contributed by atoms with E-state index in [4.69, 9.17) is 4.98 Å². The Labute approximate surface area is 366 Å². The fourth-order valence-electron chi connectivity index (χ4n) is 9.41. The first-order chi connectivity index (χ1) is 29.9. The van der Waals surface area contributed by atoms with Crippen LogP contribution in [0.1, 0.15) is 37.6 Å². The summed E-state index contributed by atoms with van der Waals surface area (Å²) in [5.74, 6) is 0. The van der Waals surface area contributed by atoms with Gasteiger partial charge in [0.05, 0.1) is 22.4 Å². The Morgan fingerprint density at radius 1 is 0.590 bits per heavy atom. The maximum Gasteiger partial charge on any atom is 0.0716 e. The van der Waals surface area contributed by atoms with Gasteiger partial charge in [-0.15, -0.1) is 0 Å². The predicted molar refractivity (Wildman–Crippen MR) is 260 cm³/mol. The lowest BCUT2D eigenvalue weighted by Crippen LogP contribution is -2.17. The molecule has 0 atom stereocenters. The summed E-state index contributed by atoms with van der Waals surface area (Å²) in [6.07, 6.45) is 7.95. The molecular formula is C57H42N2S2. The van der Waals surface area contributed by atoms with Crippen LogP contribution >= 0.6 is 23.5 Å². The number of aromatic nitrogens is 2. The van der Waals surface area contributed by atoms with Crippen molar-refractivity contribution in [3.05, 3.63) is 211 Å².